The third kappa shape index (κ3) is 4.30. The number of hydrogen-bond donors (Lipinski definition) is 1. The van der Waals surface area contributed by atoms with E-state index in [1.807, 2.05) is 42.6 Å². The molecule has 5 heterocycles. The van der Waals surface area contributed by atoms with Crippen LogP contribution < -0.4 is 10.2 Å². The van der Waals surface area contributed by atoms with Crippen molar-refractivity contribution in [1.29, 1.82) is 0 Å². The van der Waals surface area contributed by atoms with Gasteiger partial charge in [0.25, 0.3) is 5.91 Å². The summed E-state index contributed by atoms with van der Waals surface area (Å²) in [5, 5.41) is 9.15. The van der Waals surface area contributed by atoms with Gasteiger partial charge < -0.3 is 19.6 Å². The first kappa shape index (κ1) is 20.1. The van der Waals surface area contributed by atoms with Gasteiger partial charge in [-0.05, 0) is 36.1 Å². The lowest BCUT2D eigenvalue weighted by atomic mass is 10.2. The zero-order valence-corrected chi connectivity index (χ0v) is 18.2. The number of aromatic nitrogens is 4. The Balaban J connectivity index is 1.21. The highest BCUT2D eigenvalue weighted by molar-refractivity contribution is 7.13. The maximum absolute atomic E-state index is 12.9. The van der Waals surface area contributed by atoms with Crippen molar-refractivity contribution in [2.75, 3.05) is 36.4 Å². The predicted molar refractivity (Wildman–Crippen MR) is 122 cm³/mol. The summed E-state index contributed by atoms with van der Waals surface area (Å²) < 4.78 is 5.35. The van der Waals surface area contributed by atoms with Crippen LogP contribution in [0.25, 0.3) is 10.6 Å². The van der Waals surface area contributed by atoms with E-state index in [-0.39, 0.29) is 5.91 Å². The van der Waals surface area contributed by atoms with Crippen LogP contribution >= 0.6 is 11.3 Å². The van der Waals surface area contributed by atoms with E-state index in [0.717, 1.165) is 22.1 Å². The molecule has 5 rings (SSSR count). The van der Waals surface area contributed by atoms with E-state index < -0.39 is 0 Å². The van der Waals surface area contributed by atoms with Gasteiger partial charge in [0.05, 0.1) is 4.88 Å². The van der Waals surface area contributed by atoms with E-state index in [2.05, 4.69) is 30.3 Å². The molecular formula is C22H21N7O2S. The van der Waals surface area contributed by atoms with Crippen LogP contribution in [0.1, 0.15) is 16.1 Å². The number of nitrogens with zero attached hydrogens (tertiary/aromatic N) is 6. The summed E-state index contributed by atoms with van der Waals surface area (Å²) in [6, 6.07) is 11.4. The van der Waals surface area contributed by atoms with Crippen LogP contribution in [0.5, 0.6) is 0 Å². The van der Waals surface area contributed by atoms with Gasteiger partial charge in [0, 0.05) is 44.5 Å². The van der Waals surface area contributed by atoms with Crippen molar-refractivity contribution in [2.45, 2.75) is 6.92 Å². The maximum Gasteiger partial charge on any atom is 0.276 e. The molecule has 1 N–H and O–H groups in total. The number of anilines is 3. The average molecular weight is 448 g/mol. The molecule has 0 saturated carbocycles. The molecule has 0 bridgehead atoms. The molecule has 32 heavy (non-hydrogen) atoms. The Labute approximate surface area is 188 Å². The lowest BCUT2D eigenvalue weighted by Gasteiger charge is -2.35. The highest BCUT2D eigenvalue weighted by Crippen LogP contribution is 2.26. The van der Waals surface area contributed by atoms with Gasteiger partial charge in [-0.1, -0.05) is 11.2 Å². The lowest BCUT2D eigenvalue weighted by molar-refractivity contribution is 0.0736. The van der Waals surface area contributed by atoms with Crippen molar-refractivity contribution >= 4 is 34.7 Å². The Morgan fingerprint density at radius 1 is 1.06 bits per heavy atom. The number of pyridine rings is 1. The van der Waals surface area contributed by atoms with Gasteiger partial charge in [-0.2, -0.15) is 0 Å². The summed E-state index contributed by atoms with van der Waals surface area (Å²) >= 11 is 1.55. The summed E-state index contributed by atoms with van der Waals surface area (Å²) in [7, 11) is 0. The fourth-order valence-corrected chi connectivity index (χ4v) is 4.21. The molecule has 162 valence electrons. The average Bonchev–Trinajstić information content (AvgIpc) is 3.51. The van der Waals surface area contributed by atoms with Crippen molar-refractivity contribution < 1.29 is 9.32 Å². The molecule has 1 saturated heterocycles. The van der Waals surface area contributed by atoms with Crippen molar-refractivity contribution in [3.05, 3.63) is 65.6 Å². The van der Waals surface area contributed by atoms with Gasteiger partial charge in [-0.3, -0.25) is 4.79 Å². The van der Waals surface area contributed by atoms with Crippen LogP contribution in [0.3, 0.4) is 0 Å². The third-order valence-electron chi connectivity index (χ3n) is 5.21. The summed E-state index contributed by atoms with van der Waals surface area (Å²) in [6.45, 7) is 4.50. The first-order chi connectivity index (χ1) is 15.7. The number of amides is 1. The Kier molecular flexibility index (Phi) is 5.51. The molecule has 4 aromatic heterocycles. The smallest absolute Gasteiger partial charge is 0.276 e. The van der Waals surface area contributed by atoms with Crippen LogP contribution in [-0.4, -0.2) is 57.1 Å². The number of piperazine rings is 1. The Bertz CT molecular complexity index is 1220. The maximum atomic E-state index is 12.9. The molecular weight excluding hydrogens is 426 g/mol. The van der Waals surface area contributed by atoms with Crippen LogP contribution in [0.4, 0.5) is 17.5 Å². The zero-order valence-electron chi connectivity index (χ0n) is 17.4. The highest BCUT2D eigenvalue weighted by atomic mass is 32.1. The molecule has 0 aliphatic carbocycles. The molecule has 0 aromatic carbocycles. The molecule has 1 amide bonds. The highest BCUT2D eigenvalue weighted by Gasteiger charge is 2.25. The molecule has 1 aliphatic rings. The van der Waals surface area contributed by atoms with E-state index in [1.165, 1.54) is 6.33 Å². The van der Waals surface area contributed by atoms with E-state index >= 15 is 0 Å². The topological polar surface area (TPSA) is 100 Å². The van der Waals surface area contributed by atoms with Gasteiger partial charge in [-0.15, -0.1) is 11.3 Å². The molecule has 4 aromatic rings. The molecule has 9 nitrogen and oxygen atoms in total. The van der Waals surface area contributed by atoms with E-state index in [0.29, 0.717) is 43.5 Å². The second-order valence-electron chi connectivity index (χ2n) is 7.44. The largest absolute Gasteiger partial charge is 0.355 e. The second-order valence-corrected chi connectivity index (χ2v) is 8.39. The standard InChI is InChI=1S/C22H21N7O2S/c1-15-4-5-23-19(11-15)26-20-13-21(25-14-24-20)28-6-8-29(9-7-28)22(30)16-12-17(31-27-16)18-3-2-10-32-18/h2-5,10-14H,6-9H2,1H3,(H,23,24,25,26). The molecule has 0 radical (unpaired) electrons. The van der Waals surface area contributed by atoms with Gasteiger partial charge in [0.15, 0.2) is 11.5 Å². The number of carbonyl (C=O) groups excluding carboxylic acids is 1. The molecule has 0 unspecified atom stereocenters. The van der Waals surface area contributed by atoms with Crippen molar-refractivity contribution in [1.82, 2.24) is 25.0 Å². The van der Waals surface area contributed by atoms with Gasteiger partial charge in [0.2, 0.25) is 0 Å². The van der Waals surface area contributed by atoms with Gasteiger partial charge >= 0.3 is 0 Å². The summed E-state index contributed by atoms with van der Waals surface area (Å²) in [4.78, 5) is 30.8. The molecule has 10 heteroatoms. The van der Waals surface area contributed by atoms with Crippen LogP contribution in [0.2, 0.25) is 0 Å². The second kappa shape index (κ2) is 8.75. The minimum atomic E-state index is -0.119. The van der Waals surface area contributed by atoms with Crippen LogP contribution in [0, 0.1) is 6.92 Å². The summed E-state index contributed by atoms with van der Waals surface area (Å²) in [5.74, 6) is 2.72. The molecule has 0 atom stereocenters. The summed E-state index contributed by atoms with van der Waals surface area (Å²) in [6.07, 6.45) is 3.29. The number of nitrogens with one attached hydrogen (secondary N) is 1. The van der Waals surface area contributed by atoms with Gasteiger partial charge in [0.1, 0.15) is 23.8 Å². The van der Waals surface area contributed by atoms with Crippen molar-refractivity contribution in [3.63, 3.8) is 0 Å². The first-order valence-electron chi connectivity index (χ1n) is 10.2. The quantitative estimate of drug-likeness (QED) is 0.495. The molecule has 0 spiro atoms. The lowest BCUT2D eigenvalue weighted by Crippen LogP contribution is -2.49. The minimum absolute atomic E-state index is 0.119. The third-order valence-corrected chi connectivity index (χ3v) is 6.09. The number of thiophene rings is 1. The van der Waals surface area contributed by atoms with Crippen LogP contribution in [-0.2, 0) is 0 Å². The van der Waals surface area contributed by atoms with Crippen LogP contribution in [0.15, 0.2) is 58.8 Å². The summed E-state index contributed by atoms with van der Waals surface area (Å²) in [5.41, 5.74) is 1.45. The first-order valence-corrected chi connectivity index (χ1v) is 11.1. The molecule has 1 aliphatic heterocycles. The predicted octanol–water partition coefficient (Wildman–Crippen LogP) is 3.60. The number of hydrogen-bond acceptors (Lipinski definition) is 9. The fraction of sp³-hybridized carbons (Fsp3) is 0.227. The monoisotopic (exact) mass is 447 g/mol. The Morgan fingerprint density at radius 3 is 2.69 bits per heavy atom. The van der Waals surface area contributed by atoms with E-state index in [9.17, 15) is 4.79 Å². The molecule has 1 fully saturated rings. The van der Waals surface area contributed by atoms with Gasteiger partial charge in [-0.25, -0.2) is 15.0 Å². The van der Waals surface area contributed by atoms with Crippen molar-refractivity contribution in [3.8, 4) is 10.6 Å². The Morgan fingerprint density at radius 2 is 1.91 bits per heavy atom. The zero-order chi connectivity index (χ0) is 21.9. The SMILES string of the molecule is Cc1ccnc(Nc2cc(N3CCN(C(=O)c4cc(-c5cccs5)on4)CC3)ncn2)c1. The fourth-order valence-electron chi connectivity index (χ4n) is 3.54. The van der Waals surface area contributed by atoms with Crippen molar-refractivity contribution in [2.24, 2.45) is 0 Å². The number of aryl methyl sites for hydroxylation is 1. The Hall–Kier alpha value is -3.79. The normalized spacial score (nSPS) is 13.9. The number of carbonyl (C=O) groups is 1. The van der Waals surface area contributed by atoms with E-state index in [1.54, 1.807) is 28.5 Å². The van der Waals surface area contributed by atoms with E-state index in [4.69, 9.17) is 4.52 Å². The number of rotatable bonds is 5. The minimum Gasteiger partial charge on any atom is -0.355 e.